The zero-order chi connectivity index (χ0) is 11.5. The van der Waals surface area contributed by atoms with Crippen molar-refractivity contribution in [1.29, 1.82) is 0 Å². The summed E-state index contributed by atoms with van der Waals surface area (Å²) in [4.78, 5) is 15.9. The highest BCUT2D eigenvalue weighted by atomic mass is 16.5. The summed E-state index contributed by atoms with van der Waals surface area (Å²) in [5.41, 5.74) is 0.223. The molecule has 1 rings (SSSR count). The smallest absolute Gasteiger partial charge is 0.169 e. The van der Waals surface area contributed by atoms with Gasteiger partial charge in [0.15, 0.2) is 5.78 Å². The first kappa shape index (κ1) is 11.7. The molecule has 0 atom stereocenters. The standard InChI is InChI=1S/C12H17NO2/c1-5-15-10-6-9(7-13-8-10)11(14)12(2,3)4/h6-8H,5H2,1-4H3. The average Bonchev–Trinajstić information content (AvgIpc) is 2.16. The molecule has 0 spiro atoms. The molecule has 0 amide bonds. The minimum Gasteiger partial charge on any atom is -0.492 e. The van der Waals surface area contributed by atoms with Crippen molar-refractivity contribution in [1.82, 2.24) is 4.98 Å². The van der Waals surface area contributed by atoms with Crippen LogP contribution in [0.3, 0.4) is 0 Å². The van der Waals surface area contributed by atoms with Crippen LogP contribution in [0.5, 0.6) is 5.75 Å². The summed E-state index contributed by atoms with van der Waals surface area (Å²) in [6.07, 6.45) is 3.19. The second kappa shape index (κ2) is 4.43. The summed E-state index contributed by atoms with van der Waals surface area (Å²) >= 11 is 0. The topological polar surface area (TPSA) is 39.2 Å². The first-order valence-electron chi connectivity index (χ1n) is 5.08. The number of hydrogen-bond donors (Lipinski definition) is 0. The number of carbonyl (C=O) groups is 1. The van der Waals surface area contributed by atoms with Crippen molar-refractivity contribution in [2.75, 3.05) is 6.61 Å². The van der Waals surface area contributed by atoms with Crippen LogP contribution in [0.1, 0.15) is 38.1 Å². The van der Waals surface area contributed by atoms with Gasteiger partial charge < -0.3 is 4.74 Å². The van der Waals surface area contributed by atoms with Crippen molar-refractivity contribution >= 4 is 5.78 Å². The molecule has 0 aliphatic carbocycles. The van der Waals surface area contributed by atoms with Gasteiger partial charge in [0.05, 0.1) is 12.8 Å². The highest BCUT2D eigenvalue weighted by molar-refractivity contribution is 5.99. The van der Waals surface area contributed by atoms with Crippen molar-refractivity contribution in [3.8, 4) is 5.75 Å². The highest BCUT2D eigenvalue weighted by Gasteiger charge is 2.23. The summed E-state index contributed by atoms with van der Waals surface area (Å²) in [6.45, 7) is 8.15. The van der Waals surface area contributed by atoms with Gasteiger partial charge in [-0.1, -0.05) is 20.8 Å². The van der Waals surface area contributed by atoms with Gasteiger partial charge >= 0.3 is 0 Å². The molecule has 0 aromatic carbocycles. The first-order valence-corrected chi connectivity index (χ1v) is 5.08. The number of ketones is 1. The van der Waals surface area contributed by atoms with E-state index in [1.165, 1.54) is 0 Å². The van der Waals surface area contributed by atoms with Crippen molar-refractivity contribution in [3.63, 3.8) is 0 Å². The third-order valence-electron chi connectivity index (χ3n) is 1.97. The van der Waals surface area contributed by atoms with Gasteiger partial charge in [0, 0.05) is 17.2 Å². The molecule has 3 heteroatoms. The molecule has 15 heavy (non-hydrogen) atoms. The number of Topliss-reactive ketones (excluding diaryl/α,β-unsaturated/α-hetero) is 1. The molecular formula is C12H17NO2. The third-order valence-corrected chi connectivity index (χ3v) is 1.97. The monoisotopic (exact) mass is 207 g/mol. The number of nitrogens with zero attached hydrogens (tertiary/aromatic N) is 1. The number of pyridine rings is 1. The Kier molecular flexibility index (Phi) is 3.45. The molecule has 0 aliphatic rings. The van der Waals surface area contributed by atoms with E-state index in [2.05, 4.69) is 4.98 Å². The van der Waals surface area contributed by atoms with Crippen molar-refractivity contribution in [3.05, 3.63) is 24.0 Å². The Bertz CT molecular complexity index is 353. The van der Waals surface area contributed by atoms with E-state index in [0.29, 0.717) is 17.9 Å². The predicted octanol–water partition coefficient (Wildman–Crippen LogP) is 2.71. The van der Waals surface area contributed by atoms with E-state index in [0.717, 1.165) is 0 Å². The van der Waals surface area contributed by atoms with Crippen LogP contribution in [0.2, 0.25) is 0 Å². The van der Waals surface area contributed by atoms with Crippen LogP contribution in [-0.4, -0.2) is 17.4 Å². The minimum atomic E-state index is -0.382. The zero-order valence-corrected chi connectivity index (χ0v) is 9.70. The minimum absolute atomic E-state index is 0.0801. The van der Waals surface area contributed by atoms with E-state index in [4.69, 9.17) is 4.74 Å². The van der Waals surface area contributed by atoms with E-state index in [-0.39, 0.29) is 11.2 Å². The van der Waals surface area contributed by atoms with Crippen molar-refractivity contribution in [2.45, 2.75) is 27.7 Å². The lowest BCUT2D eigenvalue weighted by atomic mass is 9.87. The Labute approximate surface area is 90.5 Å². The van der Waals surface area contributed by atoms with E-state index in [9.17, 15) is 4.79 Å². The second-order valence-corrected chi connectivity index (χ2v) is 4.42. The van der Waals surface area contributed by atoms with E-state index in [1.54, 1.807) is 18.5 Å². The fraction of sp³-hybridized carbons (Fsp3) is 0.500. The average molecular weight is 207 g/mol. The lowest BCUT2D eigenvalue weighted by Gasteiger charge is -2.16. The normalized spacial score (nSPS) is 11.2. The van der Waals surface area contributed by atoms with Crippen LogP contribution in [0.15, 0.2) is 18.5 Å². The maximum absolute atomic E-state index is 11.9. The molecule has 0 unspecified atom stereocenters. The van der Waals surface area contributed by atoms with Crippen LogP contribution in [0.4, 0.5) is 0 Å². The second-order valence-electron chi connectivity index (χ2n) is 4.42. The van der Waals surface area contributed by atoms with Gasteiger partial charge in [0.1, 0.15) is 5.75 Å². The molecule has 0 bridgehead atoms. The SMILES string of the molecule is CCOc1cncc(C(=O)C(C)(C)C)c1. The summed E-state index contributed by atoms with van der Waals surface area (Å²) < 4.78 is 5.29. The number of carbonyl (C=O) groups excluding carboxylic acids is 1. The van der Waals surface area contributed by atoms with Gasteiger partial charge in [-0.3, -0.25) is 9.78 Å². The molecule has 1 heterocycles. The Hall–Kier alpha value is -1.38. The molecule has 0 radical (unpaired) electrons. The fourth-order valence-corrected chi connectivity index (χ4v) is 1.22. The van der Waals surface area contributed by atoms with Gasteiger partial charge in [0.2, 0.25) is 0 Å². The number of aromatic nitrogens is 1. The third kappa shape index (κ3) is 3.05. The van der Waals surface area contributed by atoms with Crippen LogP contribution in [0, 0.1) is 5.41 Å². The molecule has 0 N–H and O–H groups in total. The maximum atomic E-state index is 11.9. The van der Waals surface area contributed by atoms with Crippen LogP contribution in [0.25, 0.3) is 0 Å². The highest BCUT2D eigenvalue weighted by Crippen LogP contribution is 2.22. The Morgan fingerprint density at radius 2 is 2.07 bits per heavy atom. The van der Waals surface area contributed by atoms with Crippen LogP contribution < -0.4 is 4.74 Å². The van der Waals surface area contributed by atoms with Crippen molar-refractivity contribution < 1.29 is 9.53 Å². The molecule has 1 aromatic heterocycles. The summed E-state index contributed by atoms with van der Waals surface area (Å²) in [7, 11) is 0. The molecular weight excluding hydrogens is 190 g/mol. The molecule has 3 nitrogen and oxygen atoms in total. The quantitative estimate of drug-likeness (QED) is 0.715. The predicted molar refractivity (Wildman–Crippen MR) is 59.2 cm³/mol. The Balaban J connectivity index is 2.95. The lowest BCUT2D eigenvalue weighted by Crippen LogP contribution is -2.20. The molecule has 0 saturated carbocycles. The summed E-state index contributed by atoms with van der Waals surface area (Å²) in [5.74, 6) is 0.726. The number of hydrogen-bond acceptors (Lipinski definition) is 3. The van der Waals surface area contributed by atoms with Gasteiger partial charge in [-0.2, -0.15) is 0 Å². The Morgan fingerprint density at radius 1 is 1.40 bits per heavy atom. The van der Waals surface area contributed by atoms with Gasteiger partial charge in [-0.15, -0.1) is 0 Å². The van der Waals surface area contributed by atoms with Gasteiger partial charge in [-0.25, -0.2) is 0 Å². The van der Waals surface area contributed by atoms with E-state index in [1.807, 2.05) is 27.7 Å². The van der Waals surface area contributed by atoms with Crippen LogP contribution in [-0.2, 0) is 0 Å². The summed E-state index contributed by atoms with van der Waals surface area (Å²) in [5, 5.41) is 0. The fourth-order valence-electron chi connectivity index (χ4n) is 1.22. The van der Waals surface area contributed by atoms with Crippen molar-refractivity contribution in [2.24, 2.45) is 5.41 Å². The number of ether oxygens (including phenoxy) is 1. The Morgan fingerprint density at radius 3 is 2.60 bits per heavy atom. The largest absolute Gasteiger partial charge is 0.492 e. The lowest BCUT2D eigenvalue weighted by molar-refractivity contribution is 0.0857. The molecule has 0 aliphatic heterocycles. The van der Waals surface area contributed by atoms with Gasteiger partial charge in [0.25, 0.3) is 0 Å². The molecule has 0 saturated heterocycles. The maximum Gasteiger partial charge on any atom is 0.169 e. The van der Waals surface area contributed by atoms with Gasteiger partial charge in [-0.05, 0) is 13.0 Å². The molecule has 0 fully saturated rings. The van der Waals surface area contributed by atoms with E-state index >= 15 is 0 Å². The zero-order valence-electron chi connectivity index (χ0n) is 9.70. The molecule has 1 aromatic rings. The van der Waals surface area contributed by atoms with Crippen LogP contribution >= 0.6 is 0 Å². The van der Waals surface area contributed by atoms with E-state index < -0.39 is 0 Å². The summed E-state index contributed by atoms with van der Waals surface area (Å²) in [6, 6.07) is 1.74. The molecule has 82 valence electrons. The number of rotatable bonds is 3. The first-order chi connectivity index (χ1) is 6.95.